The van der Waals surface area contributed by atoms with Gasteiger partial charge in [-0.05, 0) is 60.2 Å². The van der Waals surface area contributed by atoms with Gasteiger partial charge in [0.25, 0.3) is 5.91 Å². The number of rotatable bonds is 13. The Hall–Kier alpha value is -4.61. The fraction of sp³-hybridized carbons (Fsp3) is 0.235. The van der Waals surface area contributed by atoms with Gasteiger partial charge in [-0.3, -0.25) is 4.79 Å². The summed E-state index contributed by atoms with van der Waals surface area (Å²) < 4.78 is 67.2. The van der Waals surface area contributed by atoms with Crippen LogP contribution in [0.3, 0.4) is 0 Å². The van der Waals surface area contributed by atoms with Crippen LogP contribution in [0.2, 0.25) is 0 Å². The van der Waals surface area contributed by atoms with Gasteiger partial charge < -0.3 is 19.9 Å². The number of aliphatic imine (C=N–C) groups is 1. The third-order valence-electron chi connectivity index (χ3n) is 7.43. The minimum Gasteiger partial charge on any atom is -0.494 e. The first-order valence-corrected chi connectivity index (χ1v) is 16.0. The molecule has 11 heteroatoms. The Kier molecular flexibility index (Phi) is 9.90. The summed E-state index contributed by atoms with van der Waals surface area (Å²) in [5.41, 5.74) is -0.781. The lowest BCUT2D eigenvalue weighted by molar-refractivity contribution is -0.129. The third kappa shape index (κ3) is 7.38. The van der Waals surface area contributed by atoms with Gasteiger partial charge in [-0.15, -0.1) is 0 Å². The van der Waals surface area contributed by atoms with Gasteiger partial charge in [-0.2, -0.15) is 0 Å². The van der Waals surface area contributed by atoms with Crippen molar-refractivity contribution in [3.63, 3.8) is 0 Å². The number of nitrogens with zero attached hydrogens (tertiary/aromatic N) is 1. The van der Waals surface area contributed by atoms with Gasteiger partial charge in [0.2, 0.25) is 5.90 Å². The summed E-state index contributed by atoms with van der Waals surface area (Å²) in [7, 11) is -3.85. The van der Waals surface area contributed by atoms with Crippen molar-refractivity contribution >= 4 is 21.6 Å². The number of ether oxygens (including phenoxy) is 2. The normalized spacial score (nSPS) is 17.8. The lowest BCUT2D eigenvalue weighted by Gasteiger charge is -2.30. The van der Waals surface area contributed by atoms with E-state index in [1.165, 1.54) is 12.1 Å². The fourth-order valence-electron chi connectivity index (χ4n) is 5.04. The Morgan fingerprint density at radius 2 is 1.64 bits per heavy atom. The van der Waals surface area contributed by atoms with Crippen LogP contribution in [0.25, 0.3) is 0 Å². The first kappa shape index (κ1) is 31.8. The topological polar surface area (TPSA) is 114 Å². The average Bonchev–Trinajstić information content (AvgIpc) is 3.46. The number of hydrogen-bond donors (Lipinski definition) is 2. The zero-order valence-corrected chi connectivity index (χ0v) is 25.1. The van der Waals surface area contributed by atoms with Crippen LogP contribution in [-0.2, 0) is 25.9 Å². The standard InChI is InChI=1S/C34H32F2N2O6S/c35-27-14-17-30(36)26(22-27)23-37-33(40)34(18-21-45(41,42)29-10-5-2-6-11-29)31(24-8-3-1-4-9-24)44-32(38-34)25-12-15-28(16-13-25)43-20-7-19-39/h1-6,8-17,22,31,39H,7,18-21,23H2,(H,37,40)/t31-,34-/m1/s1. The van der Waals surface area contributed by atoms with E-state index in [4.69, 9.17) is 19.6 Å². The maximum atomic E-state index is 14.5. The maximum absolute atomic E-state index is 14.5. The third-order valence-corrected chi connectivity index (χ3v) is 9.17. The average molecular weight is 635 g/mol. The van der Waals surface area contributed by atoms with Crippen molar-refractivity contribution < 1.29 is 36.6 Å². The number of amides is 1. The summed E-state index contributed by atoms with van der Waals surface area (Å²) in [6.07, 6.45) is -0.843. The van der Waals surface area contributed by atoms with Crippen molar-refractivity contribution in [3.05, 3.63) is 131 Å². The molecule has 0 aliphatic carbocycles. The number of nitrogens with one attached hydrogen (secondary N) is 1. The monoisotopic (exact) mass is 634 g/mol. The van der Waals surface area contributed by atoms with Gasteiger partial charge in [0.05, 0.1) is 17.3 Å². The van der Waals surface area contributed by atoms with E-state index in [2.05, 4.69) is 5.32 Å². The lowest BCUT2D eigenvalue weighted by Crippen LogP contribution is -2.49. The summed E-state index contributed by atoms with van der Waals surface area (Å²) in [4.78, 5) is 19.1. The first-order chi connectivity index (χ1) is 21.7. The molecule has 1 amide bonds. The van der Waals surface area contributed by atoms with Crippen molar-refractivity contribution in [2.75, 3.05) is 19.0 Å². The molecule has 0 radical (unpaired) electrons. The first-order valence-electron chi connectivity index (χ1n) is 14.4. The van der Waals surface area contributed by atoms with Gasteiger partial charge in [-0.1, -0.05) is 48.5 Å². The van der Waals surface area contributed by atoms with Crippen LogP contribution in [0.15, 0.2) is 113 Å². The Morgan fingerprint density at radius 3 is 2.33 bits per heavy atom. The van der Waals surface area contributed by atoms with Crippen LogP contribution in [0.4, 0.5) is 8.78 Å². The molecule has 2 atom stereocenters. The van der Waals surface area contributed by atoms with E-state index in [1.54, 1.807) is 72.8 Å². The molecule has 0 bridgehead atoms. The second-order valence-corrected chi connectivity index (χ2v) is 12.6. The van der Waals surface area contributed by atoms with Crippen LogP contribution in [0.1, 0.15) is 35.6 Å². The minimum absolute atomic E-state index is 0.000400. The second-order valence-electron chi connectivity index (χ2n) is 10.5. The molecule has 45 heavy (non-hydrogen) atoms. The van der Waals surface area contributed by atoms with Crippen LogP contribution >= 0.6 is 0 Å². The second kappa shape index (κ2) is 14.0. The molecule has 8 nitrogen and oxygen atoms in total. The Bertz CT molecular complexity index is 1750. The molecule has 0 fully saturated rings. The molecule has 0 spiro atoms. The molecule has 0 unspecified atom stereocenters. The predicted molar refractivity (Wildman–Crippen MR) is 164 cm³/mol. The number of carbonyl (C=O) groups is 1. The predicted octanol–water partition coefficient (Wildman–Crippen LogP) is 5.16. The molecule has 2 N–H and O–H groups in total. The van der Waals surface area contributed by atoms with Gasteiger partial charge >= 0.3 is 0 Å². The van der Waals surface area contributed by atoms with Crippen LogP contribution in [0.5, 0.6) is 5.75 Å². The molecule has 0 aromatic heterocycles. The minimum atomic E-state index is -3.85. The molecule has 5 rings (SSSR count). The highest BCUT2D eigenvalue weighted by Gasteiger charge is 2.53. The van der Waals surface area contributed by atoms with E-state index in [1.807, 2.05) is 0 Å². The smallest absolute Gasteiger partial charge is 0.252 e. The van der Waals surface area contributed by atoms with Gasteiger partial charge in [0, 0.05) is 37.1 Å². The van der Waals surface area contributed by atoms with Crippen LogP contribution in [-0.4, -0.2) is 49.8 Å². The van der Waals surface area contributed by atoms with Gasteiger partial charge in [0.1, 0.15) is 17.4 Å². The molecular weight excluding hydrogens is 602 g/mol. The van der Waals surface area contributed by atoms with E-state index < -0.39 is 44.8 Å². The van der Waals surface area contributed by atoms with Crippen molar-refractivity contribution in [1.29, 1.82) is 0 Å². The Labute approximate surface area is 260 Å². The number of carbonyl (C=O) groups excluding carboxylic acids is 1. The van der Waals surface area contributed by atoms with Crippen molar-refractivity contribution in [2.45, 2.75) is 35.9 Å². The molecule has 0 saturated carbocycles. The number of aliphatic hydroxyl groups is 1. The van der Waals surface area contributed by atoms with E-state index in [-0.39, 0.29) is 35.9 Å². The number of aliphatic hydroxyl groups excluding tert-OH is 1. The molecule has 1 aliphatic heterocycles. The summed E-state index contributed by atoms with van der Waals surface area (Å²) in [5.74, 6) is -1.86. The zero-order valence-electron chi connectivity index (χ0n) is 24.2. The largest absolute Gasteiger partial charge is 0.494 e. The van der Waals surface area contributed by atoms with E-state index in [0.717, 1.165) is 18.2 Å². The zero-order chi connectivity index (χ0) is 31.9. The quantitative estimate of drug-likeness (QED) is 0.197. The van der Waals surface area contributed by atoms with Crippen molar-refractivity contribution in [1.82, 2.24) is 5.32 Å². The molecular formula is C34H32F2N2O6S. The maximum Gasteiger partial charge on any atom is 0.252 e. The number of benzene rings is 4. The highest BCUT2D eigenvalue weighted by atomic mass is 32.2. The number of hydrogen-bond acceptors (Lipinski definition) is 7. The molecule has 1 heterocycles. The fourth-order valence-corrected chi connectivity index (χ4v) is 6.43. The van der Waals surface area contributed by atoms with Gasteiger partial charge in [0.15, 0.2) is 21.5 Å². The summed E-state index contributed by atoms with van der Waals surface area (Å²) in [5, 5.41) is 11.7. The number of sulfone groups is 1. The molecule has 234 valence electrons. The van der Waals surface area contributed by atoms with Crippen molar-refractivity contribution in [2.24, 2.45) is 4.99 Å². The summed E-state index contributed by atoms with van der Waals surface area (Å²) in [6.45, 7) is -0.0318. The lowest BCUT2D eigenvalue weighted by atomic mass is 9.85. The van der Waals surface area contributed by atoms with E-state index >= 15 is 0 Å². The molecule has 0 saturated heterocycles. The molecule has 4 aromatic carbocycles. The van der Waals surface area contributed by atoms with Crippen LogP contribution < -0.4 is 10.1 Å². The van der Waals surface area contributed by atoms with Crippen LogP contribution in [0, 0.1) is 11.6 Å². The summed E-state index contributed by atoms with van der Waals surface area (Å²) >= 11 is 0. The highest BCUT2D eigenvalue weighted by Crippen LogP contribution is 2.43. The molecule has 1 aliphatic rings. The van der Waals surface area contributed by atoms with E-state index in [9.17, 15) is 22.0 Å². The number of halogens is 2. The SMILES string of the molecule is O=C(NCc1cc(F)ccc1F)[C@]1(CCS(=O)(=O)c2ccccc2)N=C(c2ccc(OCCCO)cc2)O[C@@H]1c1ccccc1. The Morgan fingerprint density at radius 1 is 0.956 bits per heavy atom. The van der Waals surface area contributed by atoms with E-state index in [0.29, 0.717) is 29.9 Å². The molecule has 4 aromatic rings. The van der Waals surface area contributed by atoms with Gasteiger partial charge in [-0.25, -0.2) is 22.2 Å². The summed E-state index contributed by atoms with van der Waals surface area (Å²) in [6, 6.07) is 26.4. The van der Waals surface area contributed by atoms with Crippen molar-refractivity contribution in [3.8, 4) is 5.75 Å². The highest BCUT2D eigenvalue weighted by molar-refractivity contribution is 7.91. The Balaban J connectivity index is 1.54.